The third kappa shape index (κ3) is 5.00. The maximum atomic E-state index is 14.6. The molecule has 0 atom stereocenters. The van der Waals surface area contributed by atoms with Gasteiger partial charge in [0.25, 0.3) is 0 Å². The monoisotopic (exact) mass is 389 g/mol. The summed E-state index contributed by atoms with van der Waals surface area (Å²) in [4.78, 5) is 25.9. The standard InChI is InChI=1S/C21H24FNO5/c1-21(2,3)13-28-17-10-9-14(12-16(17)22)23-11-7-6-8-15(19(24)26-4)18(23)20(25)27-5/h6-12H,13H2,1-5H3. The first kappa shape index (κ1) is 21.2. The predicted molar refractivity (Wildman–Crippen MR) is 103 cm³/mol. The summed E-state index contributed by atoms with van der Waals surface area (Å²) in [6.07, 6.45) is 6.15. The molecule has 0 saturated carbocycles. The molecule has 0 fully saturated rings. The van der Waals surface area contributed by atoms with Crippen molar-refractivity contribution in [1.82, 2.24) is 0 Å². The minimum absolute atomic E-state index is 0.00665. The van der Waals surface area contributed by atoms with E-state index in [2.05, 4.69) is 0 Å². The first-order valence-electron chi connectivity index (χ1n) is 8.65. The number of hydrogen-bond donors (Lipinski definition) is 0. The number of anilines is 1. The average Bonchev–Trinajstić information content (AvgIpc) is 2.88. The third-order valence-electron chi connectivity index (χ3n) is 3.74. The Bertz CT molecular complexity index is 849. The zero-order valence-electron chi connectivity index (χ0n) is 16.6. The van der Waals surface area contributed by atoms with E-state index in [0.717, 1.165) is 0 Å². The highest BCUT2D eigenvalue weighted by atomic mass is 19.1. The minimum atomic E-state index is -0.759. The number of hydrogen-bond acceptors (Lipinski definition) is 6. The van der Waals surface area contributed by atoms with Gasteiger partial charge >= 0.3 is 11.9 Å². The van der Waals surface area contributed by atoms with Crippen molar-refractivity contribution >= 4 is 17.6 Å². The van der Waals surface area contributed by atoms with Crippen LogP contribution in [-0.4, -0.2) is 32.8 Å². The van der Waals surface area contributed by atoms with E-state index < -0.39 is 17.8 Å². The molecule has 6 nitrogen and oxygen atoms in total. The maximum Gasteiger partial charge on any atom is 0.355 e. The van der Waals surface area contributed by atoms with Crippen LogP contribution in [0.1, 0.15) is 20.8 Å². The first-order valence-corrected chi connectivity index (χ1v) is 8.65. The lowest BCUT2D eigenvalue weighted by molar-refractivity contribution is -0.139. The molecule has 0 N–H and O–H groups in total. The highest BCUT2D eigenvalue weighted by molar-refractivity contribution is 6.05. The number of carbonyl (C=O) groups is 2. The molecule has 1 aromatic carbocycles. The Labute approximate surface area is 163 Å². The summed E-state index contributed by atoms with van der Waals surface area (Å²) in [5.41, 5.74) is 0.109. The fraction of sp³-hybridized carbons (Fsp3) is 0.333. The van der Waals surface area contributed by atoms with Crippen molar-refractivity contribution in [3.8, 4) is 5.75 Å². The second-order valence-electron chi connectivity index (χ2n) is 7.28. The summed E-state index contributed by atoms with van der Waals surface area (Å²) in [7, 11) is 2.41. The zero-order valence-corrected chi connectivity index (χ0v) is 16.6. The largest absolute Gasteiger partial charge is 0.490 e. The van der Waals surface area contributed by atoms with Crippen LogP contribution in [0, 0.1) is 11.2 Å². The molecule has 0 aromatic heterocycles. The molecule has 150 valence electrons. The fourth-order valence-corrected chi connectivity index (χ4v) is 2.42. The van der Waals surface area contributed by atoms with E-state index in [9.17, 15) is 14.0 Å². The number of rotatable bonds is 5. The second kappa shape index (κ2) is 8.73. The van der Waals surface area contributed by atoms with Crippen molar-refractivity contribution in [2.24, 2.45) is 5.41 Å². The van der Waals surface area contributed by atoms with Gasteiger partial charge in [0.05, 0.1) is 26.4 Å². The molecular formula is C21H24FNO5. The van der Waals surface area contributed by atoms with Crippen LogP contribution in [0.25, 0.3) is 0 Å². The van der Waals surface area contributed by atoms with Gasteiger partial charge in [-0.15, -0.1) is 0 Å². The molecule has 0 amide bonds. The molecule has 1 aliphatic heterocycles. The van der Waals surface area contributed by atoms with Crippen LogP contribution in [-0.2, 0) is 19.1 Å². The normalized spacial score (nSPS) is 14.0. The predicted octanol–water partition coefficient (Wildman–Crippen LogP) is 3.74. The summed E-state index contributed by atoms with van der Waals surface area (Å²) in [5, 5.41) is 0. The van der Waals surface area contributed by atoms with Gasteiger partial charge < -0.3 is 19.1 Å². The molecule has 0 bridgehead atoms. The molecule has 0 unspecified atom stereocenters. The summed E-state index contributed by atoms with van der Waals surface area (Å²) in [5.74, 6) is -1.95. The van der Waals surface area contributed by atoms with E-state index in [1.165, 1.54) is 43.5 Å². The van der Waals surface area contributed by atoms with Crippen molar-refractivity contribution in [2.45, 2.75) is 20.8 Å². The van der Waals surface area contributed by atoms with Gasteiger partial charge in [-0.05, 0) is 29.7 Å². The molecule has 0 radical (unpaired) electrons. The molecule has 0 spiro atoms. The highest BCUT2D eigenvalue weighted by Crippen LogP contribution is 2.30. The molecule has 2 rings (SSSR count). The van der Waals surface area contributed by atoms with Crippen LogP contribution in [0.5, 0.6) is 5.75 Å². The lowest BCUT2D eigenvalue weighted by Crippen LogP contribution is -2.27. The highest BCUT2D eigenvalue weighted by Gasteiger charge is 2.28. The van der Waals surface area contributed by atoms with E-state index in [4.69, 9.17) is 14.2 Å². The van der Waals surface area contributed by atoms with Gasteiger partial charge in [-0.1, -0.05) is 26.8 Å². The number of ether oxygens (including phenoxy) is 3. The molecule has 7 heteroatoms. The molecular weight excluding hydrogens is 365 g/mol. The molecule has 1 aromatic rings. The SMILES string of the molecule is COC(=O)C1=C(C(=O)OC)N(c2ccc(OCC(C)(C)C)c(F)c2)C=CC=C1. The van der Waals surface area contributed by atoms with Crippen molar-refractivity contribution in [2.75, 3.05) is 25.7 Å². The van der Waals surface area contributed by atoms with Gasteiger partial charge in [-0.3, -0.25) is 0 Å². The lowest BCUT2D eigenvalue weighted by Gasteiger charge is -2.24. The van der Waals surface area contributed by atoms with Crippen LogP contribution in [0.15, 0.2) is 53.9 Å². The first-order chi connectivity index (χ1) is 13.2. The smallest absolute Gasteiger partial charge is 0.355 e. The quantitative estimate of drug-likeness (QED) is 0.715. The van der Waals surface area contributed by atoms with Gasteiger partial charge in [-0.2, -0.15) is 0 Å². The summed E-state index contributed by atoms with van der Waals surface area (Å²) in [6, 6.07) is 4.30. The Hall–Kier alpha value is -3.09. The fourth-order valence-electron chi connectivity index (χ4n) is 2.42. The van der Waals surface area contributed by atoms with Gasteiger partial charge in [0, 0.05) is 18.0 Å². The van der Waals surface area contributed by atoms with Crippen LogP contribution < -0.4 is 9.64 Å². The van der Waals surface area contributed by atoms with Crippen molar-refractivity contribution in [3.63, 3.8) is 0 Å². The third-order valence-corrected chi connectivity index (χ3v) is 3.74. The Morgan fingerprint density at radius 2 is 1.75 bits per heavy atom. The van der Waals surface area contributed by atoms with Gasteiger partial charge in [-0.25, -0.2) is 14.0 Å². The minimum Gasteiger partial charge on any atom is -0.490 e. The summed E-state index contributed by atoms with van der Waals surface area (Å²) >= 11 is 0. The lowest BCUT2D eigenvalue weighted by atomic mass is 9.99. The molecule has 1 heterocycles. The van der Waals surface area contributed by atoms with Crippen molar-refractivity contribution in [1.29, 1.82) is 0 Å². The van der Waals surface area contributed by atoms with E-state index in [1.807, 2.05) is 20.8 Å². The van der Waals surface area contributed by atoms with Crippen molar-refractivity contribution < 1.29 is 28.2 Å². The van der Waals surface area contributed by atoms with E-state index in [-0.39, 0.29) is 22.4 Å². The van der Waals surface area contributed by atoms with Crippen LogP contribution in [0.2, 0.25) is 0 Å². The molecule has 28 heavy (non-hydrogen) atoms. The zero-order chi connectivity index (χ0) is 20.9. The number of nitrogens with zero attached hydrogens (tertiary/aromatic N) is 1. The number of halogens is 1. The number of allylic oxidation sites excluding steroid dienone is 2. The van der Waals surface area contributed by atoms with E-state index in [1.54, 1.807) is 18.2 Å². The van der Waals surface area contributed by atoms with Crippen molar-refractivity contribution in [3.05, 3.63) is 59.7 Å². The number of carbonyl (C=O) groups excluding carboxylic acids is 2. The van der Waals surface area contributed by atoms with Gasteiger partial charge in [0.2, 0.25) is 0 Å². The summed E-state index contributed by atoms with van der Waals surface area (Å²) in [6.45, 7) is 6.29. The number of esters is 2. The Morgan fingerprint density at radius 1 is 1.07 bits per heavy atom. The number of methoxy groups -OCH3 is 2. The van der Waals surface area contributed by atoms with Crippen LogP contribution in [0.3, 0.4) is 0 Å². The van der Waals surface area contributed by atoms with Gasteiger partial charge in [0.15, 0.2) is 11.6 Å². The Kier molecular flexibility index (Phi) is 6.62. The number of benzene rings is 1. The van der Waals surface area contributed by atoms with Crippen LogP contribution in [0.4, 0.5) is 10.1 Å². The topological polar surface area (TPSA) is 65.1 Å². The van der Waals surface area contributed by atoms with Crippen LogP contribution >= 0.6 is 0 Å². The van der Waals surface area contributed by atoms with Gasteiger partial charge in [0.1, 0.15) is 5.70 Å². The second-order valence-corrected chi connectivity index (χ2v) is 7.28. The molecule has 0 saturated heterocycles. The Balaban J connectivity index is 2.47. The van der Waals surface area contributed by atoms with E-state index in [0.29, 0.717) is 12.3 Å². The molecule has 1 aliphatic rings. The molecule has 0 aliphatic carbocycles. The summed E-state index contributed by atoms with van der Waals surface area (Å²) < 4.78 is 29.7. The average molecular weight is 389 g/mol. The Morgan fingerprint density at radius 3 is 2.32 bits per heavy atom. The maximum absolute atomic E-state index is 14.6. The van der Waals surface area contributed by atoms with E-state index >= 15 is 0 Å².